The summed E-state index contributed by atoms with van der Waals surface area (Å²) < 4.78 is 5.24. The van der Waals surface area contributed by atoms with Crippen LogP contribution in [0.3, 0.4) is 0 Å². The molecule has 21 heavy (non-hydrogen) atoms. The monoisotopic (exact) mass is 294 g/mol. The van der Waals surface area contributed by atoms with Gasteiger partial charge in [0.2, 0.25) is 0 Å². The van der Waals surface area contributed by atoms with Crippen molar-refractivity contribution in [1.29, 1.82) is 0 Å². The Balaban J connectivity index is 2.16. The number of carbonyl (C=O) groups excluding carboxylic acids is 1. The number of benzene rings is 1. The van der Waals surface area contributed by atoms with Crippen molar-refractivity contribution in [2.45, 2.75) is 25.3 Å². The third-order valence-corrected chi connectivity index (χ3v) is 3.79. The minimum atomic E-state index is -0.676. The van der Waals surface area contributed by atoms with E-state index in [0.29, 0.717) is 37.2 Å². The van der Waals surface area contributed by atoms with Gasteiger partial charge in [-0.25, -0.2) is 0 Å². The Labute approximate surface area is 122 Å². The van der Waals surface area contributed by atoms with E-state index in [2.05, 4.69) is 5.32 Å². The molecule has 1 aromatic rings. The first-order valence-electron chi connectivity index (χ1n) is 6.74. The number of hydrogen-bond acceptors (Lipinski definition) is 5. The summed E-state index contributed by atoms with van der Waals surface area (Å²) in [4.78, 5) is 22.6. The first-order valence-corrected chi connectivity index (χ1v) is 6.74. The normalized spacial score (nSPS) is 17.2. The topological polar surface area (TPSA) is 102 Å². The van der Waals surface area contributed by atoms with Gasteiger partial charge in [-0.3, -0.25) is 14.9 Å². The van der Waals surface area contributed by atoms with Crippen molar-refractivity contribution in [3.05, 3.63) is 39.4 Å². The Morgan fingerprint density at radius 3 is 2.67 bits per heavy atom. The molecule has 1 fully saturated rings. The summed E-state index contributed by atoms with van der Waals surface area (Å²) in [5.41, 5.74) is 0.0787. The molecule has 2 rings (SSSR count). The molecule has 1 aromatic carbocycles. The lowest BCUT2D eigenvalue weighted by atomic mass is 9.90. The van der Waals surface area contributed by atoms with E-state index in [1.54, 1.807) is 6.92 Å². The fourth-order valence-corrected chi connectivity index (χ4v) is 2.40. The molecule has 0 saturated carbocycles. The molecule has 1 amide bonds. The van der Waals surface area contributed by atoms with E-state index in [0.717, 1.165) is 0 Å². The van der Waals surface area contributed by atoms with Crippen molar-refractivity contribution in [1.82, 2.24) is 5.32 Å². The Morgan fingerprint density at radius 2 is 2.14 bits per heavy atom. The van der Waals surface area contributed by atoms with Gasteiger partial charge in [-0.05, 0) is 31.9 Å². The van der Waals surface area contributed by atoms with Crippen LogP contribution in [0.1, 0.15) is 28.8 Å². The van der Waals surface area contributed by atoms with Crippen molar-refractivity contribution in [2.24, 2.45) is 0 Å². The summed E-state index contributed by atoms with van der Waals surface area (Å²) in [6.07, 6.45) is 1.09. The molecular weight excluding hydrogens is 276 g/mol. The molecule has 0 aromatic heterocycles. The summed E-state index contributed by atoms with van der Waals surface area (Å²) in [7, 11) is 0. The lowest BCUT2D eigenvalue weighted by Gasteiger charge is -2.36. The molecule has 0 radical (unpaired) electrons. The van der Waals surface area contributed by atoms with Crippen molar-refractivity contribution in [3.63, 3.8) is 0 Å². The summed E-state index contributed by atoms with van der Waals surface area (Å²) in [6, 6.07) is 4.22. The summed E-state index contributed by atoms with van der Waals surface area (Å²) >= 11 is 0. The SMILES string of the molecule is Cc1cc(C(=O)NC2(CO)CCOCC2)ccc1[N+](=O)[O-]. The summed E-state index contributed by atoms with van der Waals surface area (Å²) in [5, 5.41) is 23.2. The zero-order chi connectivity index (χ0) is 15.5. The fraction of sp³-hybridized carbons (Fsp3) is 0.500. The van der Waals surface area contributed by atoms with E-state index in [9.17, 15) is 20.0 Å². The lowest BCUT2D eigenvalue weighted by Crippen LogP contribution is -2.54. The van der Waals surface area contributed by atoms with Gasteiger partial charge in [0, 0.05) is 30.4 Å². The van der Waals surface area contributed by atoms with Crippen LogP contribution in [0.15, 0.2) is 18.2 Å². The number of nitro groups is 1. The minimum absolute atomic E-state index is 0.0190. The summed E-state index contributed by atoms with van der Waals surface area (Å²) in [5.74, 6) is -0.344. The molecule has 2 N–H and O–H groups in total. The molecular formula is C14H18N2O5. The van der Waals surface area contributed by atoms with Crippen LogP contribution in [0.25, 0.3) is 0 Å². The molecule has 7 nitrogen and oxygen atoms in total. The number of carbonyl (C=O) groups is 1. The van der Waals surface area contributed by atoms with E-state index in [-0.39, 0.29) is 18.2 Å². The number of nitrogens with one attached hydrogen (secondary N) is 1. The Bertz CT molecular complexity index is 552. The summed E-state index contributed by atoms with van der Waals surface area (Å²) in [6.45, 7) is 2.40. The van der Waals surface area contributed by atoms with Crippen LogP contribution in [0, 0.1) is 17.0 Å². The molecule has 1 heterocycles. The van der Waals surface area contributed by atoms with Gasteiger partial charge in [0.05, 0.1) is 17.1 Å². The highest BCUT2D eigenvalue weighted by atomic mass is 16.6. The molecule has 1 saturated heterocycles. The van der Waals surface area contributed by atoms with Gasteiger partial charge in [-0.2, -0.15) is 0 Å². The standard InChI is InChI=1S/C14H18N2O5/c1-10-8-11(2-3-12(10)16(19)20)13(18)15-14(9-17)4-6-21-7-5-14/h2-3,8,17H,4-7,9H2,1H3,(H,15,18). The molecule has 7 heteroatoms. The third-order valence-electron chi connectivity index (χ3n) is 3.79. The van der Waals surface area contributed by atoms with Gasteiger partial charge >= 0.3 is 0 Å². The molecule has 0 bridgehead atoms. The van der Waals surface area contributed by atoms with Crippen LogP contribution in [0.4, 0.5) is 5.69 Å². The quantitative estimate of drug-likeness (QED) is 0.641. The smallest absolute Gasteiger partial charge is 0.272 e. The highest BCUT2D eigenvalue weighted by Crippen LogP contribution is 2.22. The van der Waals surface area contributed by atoms with Crippen LogP contribution < -0.4 is 5.32 Å². The molecule has 0 atom stereocenters. The largest absolute Gasteiger partial charge is 0.394 e. The van der Waals surface area contributed by atoms with Crippen LogP contribution in [-0.4, -0.2) is 41.3 Å². The van der Waals surface area contributed by atoms with Crippen LogP contribution in [0.5, 0.6) is 0 Å². The maximum Gasteiger partial charge on any atom is 0.272 e. The molecule has 1 aliphatic heterocycles. The minimum Gasteiger partial charge on any atom is -0.394 e. The first-order chi connectivity index (χ1) is 9.97. The van der Waals surface area contributed by atoms with Gasteiger partial charge in [0.25, 0.3) is 11.6 Å². The van der Waals surface area contributed by atoms with Gasteiger partial charge in [0.15, 0.2) is 0 Å². The second-order valence-corrected chi connectivity index (χ2v) is 5.26. The number of aryl methyl sites for hydroxylation is 1. The number of aliphatic hydroxyl groups is 1. The van der Waals surface area contributed by atoms with Gasteiger partial charge in [0.1, 0.15) is 0 Å². The number of hydrogen-bond donors (Lipinski definition) is 2. The second kappa shape index (κ2) is 6.19. The molecule has 114 valence electrons. The molecule has 1 aliphatic rings. The number of nitro benzene ring substituents is 1. The predicted molar refractivity (Wildman–Crippen MR) is 75.2 cm³/mol. The predicted octanol–water partition coefficient (Wildman–Crippen LogP) is 1.17. The highest BCUT2D eigenvalue weighted by molar-refractivity contribution is 5.95. The van der Waals surface area contributed by atoms with Crippen LogP contribution in [0.2, 0.25) is 0 Å². The van der Waals surface area contributed by atoms with E-state index in [1.807, 2.05) is 0 Å². The number of aliphatic hydroxyl groups excluding tert-OH is 1. The molecule has 0 unspecified atom stereocenters. The zero-order valence-electron chi connectivity index (χ0n) is 11.8. The average Bonchev–Trinajstić information content (AvgIpc) is 2.47. The van der Waals surface area contributed by atoms with E-state index >= 15 is 0 Å². The van der Waals surface area contributed by atoms with Gasteiger partial charge in [-0.1, -0.05) is 0 Å². The van der Waals surface area contributed by atoms with Crippen molar-refractivity contribution >= 4 is 11.6 Å². The fourth-order valence-electron chi connectivity index (χ4n) is 2.40. The Morgan fingerprint density at radius 1 is 1.48 bits per heavy atom. The van der Waals surface area contributed by atoms with Gasteiger partial charge in [-0.15, -0.1) is 0 Å². The van der Waals surface area contributed by atoms with Crippen LogP contribution in [-0.2, 0) is 4.74 Å². The van der Waals surface area contributed by atoms with E-state index < -0.39 is 10.5 Å². The van der Waals surface area contributed by atoms with E-state index in [1.165, 1.54) is 18.2 Å². The average molecular weight is 294 g/mol. The third kappa shape index (κ3) is 3.37. The number of nitrogens with zero attached hydrogens (tertiary/aromatic N) is 1. The van der Waals surface area contributed by atoms with Crippen molar-refractivity contribution in [2.75, 3.05) is 19.8 Å². The van der Waals surface area contributed by atoms with Crippen molar-refractivity contribution in [3.8, 4) is 0 Å². The first kappa shape index (κ1) is 15.4. The highest BCUT2D eigenvalue weighted by Gasteiger charge is 2.33. The number of amides is 1. The molecule has 0 aliphatic carbocycles. The van der Waals surface area contributed by atoms with Gasteiger partial charge < -0.3 is 15.2 Å². The molecule has 0 spiro atoms. The van der Waals surface area contributed by atoms with Crippen LogP contribution >= 0.6 is 0 Å². The number of ether oxygens (including phenoxy) is 1. The Kier molecular flexibility index (Phi) is 4.54. The maximum atomic E-state index is 12.3. The zero-order valence-corrected chi connectivity index (χ0v) is 11.8. The Hall–Kier alpha value is -1.99. The number of rotatable bonds is 4. The lowest BCUT2D eigenvalue weighted by molar-refractivity contribution is -0.385. The van der Waals surface area contributed by atoms with E-state index in [4.69, 9.17) is 4.74 Å². The second-order valence-electron chi connectivity index (χ2n) is 5.26. The maximum absolute atomic E-state index is 12.3. The van der Waals surface area contributed by atoms with Crippen molar-refractivity contribution < 1.29 is 19.6 Å².